The Kier molecular flexibility index (Phi) is 6.75. The number of carbonyl (C=O) groups excluding carboxylic acids is 1. The van der Waals surface area contributed by atoms with Crippen LogP contribution >= 0.6 is 11.8 Å². The standard InChI is InChI=1S/C13H18FNO2S/c1-10(2)9-17-15-13(16)7-8-18-12-5-3-11(14)4-6-12/h3-6,10H,7-9H2,1-2H3,(H,15,16). The van der Waals surface area contributed by atoms with E-state index in [0.717, 1.165) is 4.90 Å². The van der Waals surface area contributed by atoms with Crippen molar-refractivity contribution >= 4 is 17.7 Å². The van der Waals surface area contributed by atoms with Gasteiger partial charge >= 0.3 is 0 Å². The number of hydrogen-bond acceptors (Lipinski definition) is 3. The lowest BCUT2D eigenvalue weighted by Crippen LogP contribution is -2.25. The van der Waals surface area contributed by atoms with Gasteiger partial charge in [-0.1, -0.05) is 13.8 Å². The maximum atomic E-state index is 12.7. The summed E-state index contributed by atoms with van der Waals surface area (Å²) in [6.45, 7) is 4.53. The van der Waals surface area contributed by atoms with E-state index in [1.54, 1.807) is 12.1 Å². The van der Waals surface area contributed by atoms with Crippen molar-refractivity contribution in [3.05, 3.63) is 30.1 Å². The largest absolute Gasteiger partial charge is 0.273 e. The average Bonchev–Trinajstić information content (AvgIpc) is 2.31. The van der Waals surface area contributed by atoms with Gasteiger partial charge in [0.05, 0.1) is 6.61 Å². The first-order valence-corrected chi connectivity index (χ1v) is 6.85. The number of thioether (sulfide) groups is 1. The van der Waals surface area contributed by atoms with Gasteiger partial charge in [-0.2, -0.15) is 0 Å². The third-order valence-electron chi connectivity index (χ3n) is 2.01. The normalized spacial score (nSPS) is 10.7. The van der Waals surface area contributed by atoms with Gasteiger partial charge in [0.2, 0.25) is 5.91 Å². The van der Waals surface area contributed by atoms with Crippen LogP contribution in [-0.4, -0.2) is 18.3 Å². The second-order valence-electron chi connectivity index (χ2n) is 4.28. The third kappa shape index (κ3) is 6.61. The number of amides is 1. The van der Waals surface area contributed by atoms with Crippen LogP contribution in [0.3, 0.4) is 0 Å². The molecule has 1 amide bonds. The van der Waals surface area contributed by atoms with E-state index in [1.807, 2.05) is 13.8 Å². The van der Waals surface area contributed by atoms with Crippen molar-refractivity contribution in [1.29, 1.82) is 0 Å². The lowest BCUT2D eigenvalue weighted by atomic mass is 10.2. The van der Waals surface area contributed by atoms with Crippen LogP contribution in [-0.2, 0) is 9.63 Å². The topological polar surface area (TPSA) is 38.3 Å². The number of rotatable bonds is 7. The molecule has 0 unspecified atom stereocenters. The van der Waals surface area contributed by atoms with E-state index in [1.165, 1.54) is 23.9 Å². The summed E-state index contributed by atoms with van der Waals surface area (Å²) in [4.78, 5) is 17.3. The Morgan fingerprint density at radius 2 is 2.06 bits per heavy atom. The molecule has 1 rings (SSSR count). The Labute approximate surface area is 111 Å². The predicted octanol–water partition coefficient (Wildman–Crippen LogP) is 3.01. The maximum Gasteiger partial charge on any atom is 0.244 e. The van der Waals surface area contributed by atoms with Crippen molar-refractivity contribution in [3.63, 3.8) is 0 Å². The van der Waals surface area contributed by atoms with E-state index >= 15 is 0 Å². The third-order valence-corrected chi connectivity index (χ3v) is 3.03. The summed E-state index contributed by atoms with van der Waals surface area (Å²) in [5.74, 6) is 0.644. The SMILES string of the molecule is CC(C)CONC(=O)CCSc1ccc(F)cc1. The number of benzene rings is 1. The first-order valence-electron chi connectivity index (χ1n) is 5.87. The van der Waals surface area contributed by atoms with Crippen LogP contribution in [0.4, 0.5) is 4.39 Å². The number of hydroxylamine groups is 1. The quantitative estimate of drug-likeness (QED) is 0.612. The minimum Gasteiger partial charge on any atom is -0.273 e. The Balaban J connectivity index is 2.13. The second-order valence-corrected chi connectivity index (χ2v) is 5.45. The minimum absolute atomic E-state index is 0.134. The molecular weight excluding hydrogens is 253 g/mol. The van der Waals surface area contributed by atoms with Gasteiger partial charge in [-0.15, -0.1) is 11.8 Å². The van der Waals surface area contributed by atoms with Crippen molar-refractivity contribution in [3.8, 4) is 0 Å². The molecule has 1 aromatic carbocycles. The smallest absolute Gasteiger partial charge is 0.244 e. The zero-order valence-electron chi connectivity index (χ0n) is 10.6. The van der Waals surface area contributed by atoms with Crippen molar-refractivity contribution in [1.82, 2.24) is 5.48 Å². The molecule has 3 nitrogen and oxygen atoms in total. The molecule has 0 saturated heterocycles. The fourth-order valence-electron chi connectivity index (χ4n) is 1.13. The van der Waals surface area contributed by atoms with Gasteiger partial charge < -0.3 is 0 Å². The van der Waals surface area contributed by atoms with E-state index in [0.29, 0.717) is 24.7 Å². The molecule has 0 radical (unpaired) electrons. The molecule has 0 atom stereocenters. The fraction of sp³-hybridized carbons (Fsp3) is 0.462. The van der Waals surface area contributed by atoms with Crippen molar-refractivity contribution in [2.24, 2.45) is 5.92 Å². The van der Waals surface area contributed by atoms with Gasteiger partial charge in [0.15, 0.2) is 0 Å². The Hall–Kier alpha value is -1.07. The van der Waals surface area contributed by atoms with Crippen molar-refractivity contribution in [2.45, 2.75) is 25.2 Å². The van der Waals surface area contributed by atoms with Crippen LogP contribution in [0.5, 0.6) is 0 Å². The zero-order valence-corrected chi connectivity index (χ0v) is 11.4. The summed E-state index contributed by atoms with van der Waals surface area (Å²) in [6.07, 6.45) is 0.375. The number of hydrogen-bond donors (Lipinski definition) is 1. The highest BCUT2D eigenvalue weighted by atomic mass is 32.2. The molecule has 0 aliphatic heterocycles. The summed E-state index contributed by atoms with van der Waals surface area (Å²) >= 11 is 1.51. The highest BCUT2D eigenvalue weighted by Crippen LogP contribution is 2.18. The second kappa shape index (κ2) is 8.11. The van der Waals surface area contributed by atoms with Crippen LogP contribution in [0.2, 0.25) is 0 Å². The first kappa shape index (κ1) is 15.0. The van der Waals surface area contributed by atoms with E-state index in [-0.39, 0.29) is 11.7 Å². The number of nitrogens with one attached hydrogen (secondary N) is 1. The first-order chi connectivity index (χ1) is 8.58. The summed E-state index contributed by atoms with van der Waals surface area (Å²) in [7, 11) is 0. The van der Waals surface area contributed by atoms with Gasteiger partial charge in [0, 0.05) is 17.1 Å². The average molecular weight is 271 g/mol. The van der Waals surface area contributed by atoms with Crippen LogP contribution in [0.1, 0.15) is 20.3 Å². The lowest BCUT2D eigenvalue weighted by molar-refractivity contribution is -0.133. The summed E-state index contributed by atoms with van der Waals surface area (Å²) in [5.41, 5.74) is 2.40. The van der Waals surface area contributed by atoms with Gasteiger partial charge in [-0.25, -0.2) is 9.87 Å². The minimum atomic E-state index is -0.251. The zero-order chi connectivity index (χ0) is 13.4. The summed E-state index contributed by atoms with van der Waals surface area (Å²) in [5, 5.41) is 0. The molecular formula is C13H18FNO2S. The molecule has 1 N–H and O–H groups in total. The van der Waals surface area contributed by atoms with Crippen LogP contribution in [0, 0.1) is 11.7 Å². The molecule has 0 fully saturated rings. The fourth-order valence-corrected chi connectivity index (χ4v) is 1.98. The molecule has 5 heteroatoms. The molecule has 100 valence electrons. The van der Waals surface area contributed by atoms with Gasteiger partial charge in [0.25, 0.3) is 0 Å². The van der Waals surface area contributed by atoms with Crippen molar-refractivity contribution < 1.29 is 14.0 Å². The summed E-state index contributed by atoms with van der Waals surface area (Å²) < 4.78 is 12.7. The van der Waals surface area contributed by atoms with Gasteiger partial charge in [-0.3, -0.25) is 9.63 Å². The van der Waals surface area contributed by atoms with E-state index in [4.69, 9.17) is 4.84 Å². The van der Waals surface area contributed by atoms with Crippen molar-refractivity contribution in [2.75, 3.05) is 12.4 Å². The number of carbonyl (C=O) groups is 1. The van der Waals surface area contributed by atoms with Gasteiger partial charge in [-0.05, 0) is 30.2 Å². The van der Waals surface area contributed by atoms with Crippen LogP contribution in [0.25, 0.3) is 0 Å². The lowest BCUT2D eigenvalue weighted by Gasteiger charge is -2.07. The Bertz CT molecular complexity index is 368. The predicted molar refractivity (Wildman–Crippen MR) is 70.7 cm³/mol. The maximum absolute atomic E-state index is 12.7. The van der Waals surface area contributed by atoms with E-state index < -0.39 is 0 Å². The molecule has 0 spiro atoms. The Morgan fingerprint density at radius 1 is 1.39 bits per heavy atom. The monoisotopic (exact) mass is 271 g/mol. The molecule has 0 saturated carbocycles. The molecule has 0 aliphatic carbocycles. The van der Waals surface area contributed by atoms with Crippen LogP contribution < -0.4 is 5.48 Å². The highest BCUT2D eigenvalue weighted by Gasteiger charge is 2.03. The van der Waals surface area contributed by atoms with Crippen LogP contribution in [0.15, 0.2) is 29.2 Å². The van der Waals surface area contributed by atoms with E-state index in [9.17, 15) is 9.18 Å². The molecule has 0 aliphatic rings. The molecule has 0 heterocycles. The molecule has 0 aromatic heterocycles. The number of halogens is 1. The highest BCUT2D eigenvalue weighted by molar-refractivity contribution is 7.99. The molecule has 1 aromatic rings. The molecule has 0 bridgehead atoms. The van der Waals surface area contributed by atoms with Gasteiger partial charge in [0.1, 0.15) is 5.82 Å². The summed E-state index contributed by atoms with van der Waals surface area (Å²) in [6, 6.07) is 6.22. The Morgan fingerprint density at radius 3 is 2.67 bits per heavy atom. The van der Waals surface area contributed by atoms with E-state index in [2.05, 4.69) is 5.48 Å². The molecule has 18 heavy (non-hydrogen) atoms.